The minimum Gasteiger partial charge on any atom is -0.497 e. The van der Waals surface area contributed by atoms with Gasteiger partial charge < -0.3 is 14.8 Å². The van der Waals surface area contributed by atoms with Crippen molar-refractivity contribution in [3.63, 3.8) is 0 Å². The zero-order valence-corrected chi connectivity index (χ0v) is 15.7. The Morgan fingerprint density at radius 3 is 2.46 bits per heavy atom. The van der Waals surface area contributed by atoms with Gasteiger partial charge in [0.2, 0.25) is 0 Å². The first kappa shape index (κ1) is 17.4. The van der Waals surface area contributed by atoms with Crippen LogP contribution in [0.5, 0.6) is 11.5 Å². The Morgan fingerprint density at radius 1 is 1.00 bits per heavy atom. The van der Waals surface area contributed by atoms with E-state index in [2.05, 4.69) is 46.6 Å². The Hall–Kier alpha value is -2.04. The molecule has 138 valence electrons. The highest BCUT2D eigenvalue weighted by atomic mass is 16.5. The Morgan fingerprint density at radius 2 is 1.77 bits per heavy atom. The van der Waals surface area contributed by atoms with E-state index in [1.54, 1.807) is 14.2 Å². The smallest absolute Gasteiger partial charge is 0.127 e. The number of hydrogen-bond donors (Lipinski definition) is 1. The number of nitrogens with one attached hydrogen (secondary N) is 1. The van der Waals surface area contributed by atoms with Crippen molar-refractivity contribution in [3.8, 4) is 11.5 Å². The van der Waals surface area contributed by atoms with E-state index in [0.717, 1.165) is 24.0 Å². The third-order valence-corrected chi connectivity index (χ3v) is 5.98. The molecule has 26 heavy (non-hydrogen) atoms. The summed E-state index contributed by atoms with van der Waals surface area (Å²) in [5.74, 6) is 2.46. The molecular formula is C22H28N2O2. The van der Waals surface area contributed by atoms with Crippen LogP contribution in [0.1, 0.15) is 30.0 Å². The zero-order chi connectivity index (χ0) is 17.9. The number of methoxy groups -OCH3 is 2. The second-order valence-electron chi connectivity index (χ2n) is 7.31. The van der Waals surface area contributed by atoms with Gasteiger partial charge >= 0.3 is 0 Å². The number of rotatable bonds is 6. The van der Waals surface area contributed by atoms with E-state index in [0.29, 0.717) is 12.1 Å². The van der Waals surface area contributed by atoms with Crippen LogP contribution in [-0.2, 0) is 6.54 Å². The summed E-state index contributed by atoms with van der Waals surface area (Å²) in [7, 11) is 3.41. The topological polar surface area (TPSA) is 33.7 Å². The van der Waals surface area contributed by atoms with Gasteiger partial charge in [-0.25, -0.2) is 0 Å². The number of benzene rings is 2. The average molecular weight is 352 g/mol. The first-order valence-electron chi connectivity index (χ1n) is 9.53. The number of fused-ring (bicyclic) bond motifs is 3. The molecule has 0 aliphatic carbocycles. The normalized spacial score (nSPS) is 27.3. The van der Waals surface area contributed by atoms with Crippen LogP contribution < -0.4 is 14.8 Å². The summed E-state index contributed by atoms with van der Waals surface area (Å²) in [4.78, 5) is 2.65. The average Bonchev–Trinajstić information content (AvgIpc) is 2.73. The molecule has 3 fully saturated rings. The number of piperidine rings is 3. The van der Waals surface area contributed by atoms with Gasteiger partial charge in [0.1, 0.15) is 11.5 Å². The van der Waals surface area contributed by atoms with Crippen LogP contribution in [0.15, 0.2) is 48.5 Å². The highest BCUT2D eigenvalue weighted by molar-refractivity contribution is 5.40. The van der Waals surface area contributed by atoms with Gasteiger partial charge in [-0.3, -0.25) is 4.90 Å². The van der Waals surface area contributed by atoms with E-state index in [1.165, 1.54) is 37.1 Å². The number of nitrogens with zero attached hydrogens (tertiary/aromatic N) is 1. The van der Waals surface area contributed by atoms with Gasteiger partial charge in [-0.2, -0.15) is 0 Å². The molecule has 2 aromatic carbocycles. The summed E-state index contributed by atoms with van der Waals surface area (Å²) in [5, 5.41) is 3.87. The van der Waals surface area contributed by atoms with Crippen LogP contribution in [-0.4, -0.2) is 38.3 Å². The monoisotopic (exact) mass is 352 g/mol. The predicted octanol–water partition coefficient (Wildman–Crippen LogP) is 3.63. The lowest BCUT2D eigenvalue weighted by molar-refractivity contribution is 0.0112. The van der Waals surface area contributed by atoms with E-state index in [1.807, 2.05) is 12.1 Å². The molecule has 4 nitrogen and oxygen atoms in total. The molecule has 0 saturated carbocycles. The molecule has 2 aromatic rings. The van der Waals surface area contributed by atoms with E-state index < -0.39 is 0 Å². The van der Waals surface area contributed by atoms with Crippen molar-refractivity contribution in [1.82, 2.24) is 10.2 Å². The fraction of sp³-hybridized carbons (Fsp3) is 0.455. The van der Waals surface area contributed by atoms with Crippen LogP contribution in [0.3, 0.4) is 0 Å². The Labute approximate surface area is 156 Å². The lowest BCUT2D eigenvalue weighted by Crippen LogP contribution is -2.57. The SMILES string of the molecule is COc1ccc(CNC2C3CCN(CC3)C2c2ccccc2)c(OC)c1. The summed E-state index contributed by atoms with van der Waals surface area (Å²) >= 11 is 0. The Bertz CT molecular complexity index is 726. The minimum absolute atomic E-state index is 0.466. The van der Waals surface area contributed by atoms with E-state index in [9.17, 15) is 0 Å². The van der Waals surface area contributed by atoms with Crippen molar-refractivity contribution in [1.29, 1.82) is 0 Å². The van der Waals surface area contributed by atoms with E-state index in [4.69, 9.17) is 9.47 Å². The van der Waals surface area contributed by atoms with E-state index >= 15 is 0 Å². The molecule has 2 bridgehead atoms. The lowest BCUT2D eigenvalue weighted by Gasteiger charge is -2.51. The standard InChI is InChI=1S/C22H28N2O2/c1-25-19-9-8-18(20(14-19)26-2)15-23-21-16-10-12-24(13-11-16)22(21)17-6-4-3-5-7-17/h3-9,14,16,21-23H,10-13,15H2,1-2H3. The molecule has 0 spiro atoms. The third-order valence-electron chi connectivity index (χ3n) is 5.98. The van der Waals surface area contributed by atoms with E-state index in [-0.39, 0.29) is 0 Å². The largest absolute Gasteiger partial charge is 0.497 e. The summed E-state index contributed by atoms with van der Waals surface area (Å²) < 4.78 is 10.9. The third kappa shape index (κ3) is 3.31. The van der Waals surface area contributed by atoms with Gasteiger partial charge in [0.15, 0.2) is 0 Å². The number of ether oxygens (including phenoxy) is 2. The van der Waals surface area contributed by atoms with Crippen molar-refractivity contribution in [3.05, 3.63) is 59.7 Å². The van der Waals surface area contributed by atoms with Crippen LogP contribution in [0.2, 0.25) is 0 Å². The Kier molecular flexibility index (Phi) is 5.14. The first-order chi connectivity index (χ1) is 12.8. The molecule has 3 saturated heterocycles. The molecule has 0 amide bonds. The number of hydrogen-bond acceptors (Lipinski definition) is 4. The van der Waals surface area contributed by atoms with Crippen molar-refractivity contribution >= 4 is 0 Å². The van der Waals surface area contributed by atoms with Gasteiger partial charge in [0.05, 0.1) is 20.3 Å². The first-order valence-corrected chi connectivity index (χ1v) is 9.53. The van der Waals surface area contributed by atoms with Crippen molar-refractivity contribution in [2.45, 2.75) is 31.5 Å². The fourth-order valence-corrected chi connectivity index (χ4v) is 4.61. The summed E-state index contributed by atoms with van der Waals surface area (Å²) in [6.45, 7) is 3.24. The molecule has 5 rings (SSSR count). The molecular weight excluding hydrogens is 324 g/mol. The lowest BCUT2D eigenvalue weighted by atomic mass is 9.76. The van der Waals surface area contributed by atoms with Crippen LogP contribution in [0.25, 0.3) is 0 Å². The molecule has 0 aromatic heterocycles. The molecule has 0 radical (unpaired) electrons. The second-order valence-corrected chi connectivity index (χ2v) is 7.31. The molecule has 4 heteroatoms. The van der Waals surface area contributed by atoms with Gasteiger partial charge in [-0.05, 0) is 43.5 Å². The molecule has 2 atom stereocenters. The maximum Gasteiger partial charge on any atom is 0.127 e. The Balaban J connectivity index is 1.54. The highest BCUT2D eigenvalue weighted by Crippen LogP contribution is 2.41. The summed E-state index contributed by atoms with van der Waals surface area (Å²) in [6.07, 6.45) is 2.58. The summed E-state index contributed by atoms with van der Waals surface area (Å²) in [6, 6.07) is 18.0. The van der Waals surface area contributed by atoms with Gasteiger partial charge in [-0.1, -0.05) is 36.4 Å². The van der Waals surface area contributed by atoms with Crippen LogP contribution >= 0.6 is 0 Å². The molecule has 3 heterocycles. The maximum absolute atomic E-state index is 5.57. The van der Waals surface area contributed by atoms with Gasteiger partial charge in [0, 0.05) is 24.2 Å². The molecule has 2 unspecified atom stereocenters. The van der Waals surface area contributed by atoms with Crippen molar-refractivity contribution in [2.24, 2.45) is 5.92 Å². The van der Waals surface area contributed by atoms with Gasteiger partial charge in [0.25, 0.3) is 0 Å². The van der Waals surface area contributed by atoms with Crippen LogP contribution in [0, 0.1) is 5.92 Å². The van der Waals surface area contributed by atoms with Gasteiger partial charge in [-0.15, -0.1) is 0 Å². The predicted molar refractivity (Wildman–Crippen MR) is 104 cm³/mol. The fourth-order valence-electron chi connectivity index (χ4n) is 4.61. The zero-order valence-electron chi connectivity index (χ0n) is 15.7. The van der Waals surface area contributed by atoms with Crippen LogP contribution in [0.4, 0.5) is 0 Å². The van der Waals surface area contributed by atoms with Crippen molar-refractivity contribution < 1.29 is 9.47 Å². The van der Waals surface area contributed by atoms with Crippen molar-refractivity contribution in [2.75, 3.05) is 27.3 Å². The maximum atomic E-state index is 5.57. The quantitative estimate of drug-likeness (QED) is 0.861. The molecule has 1 N–H and O–H groups in total. The molecule has 3 aliphatic heterocycles. The summed E-state index contributed by atoms with van der Waals surface area (Å²) in [5.41, 5.74) is 2.60. The molecule has 3 aliphatic rings. The highest BCUT2D eigenvalue weighted by Gasteiger charge is 2.42. The minimum atomic E-state index is 0.466. The second kappa shape index (κ2) is 7.68.